The van der Waals surface area contributed by atoms with E-state index in [1.54, 1.807) is 4.57 Å². The number of aliphatic hydroxyl groups is 2. The van der Waals surface area contributed by atoms with Crippen LogP contribution in [-0.2, 0) is 6.54 Å². The summed E-state index contributed by atoms with van der Waals surface area (Å²) in [5.74, 6) is 2.93. The minimum atomic E-state index is -0.921. The summed E-state index contributed by atoms with van der Waals surface area (Å²) in [5, 5.41) is 19.2. The van der Waals surface area contributed by atoms with Gasteiger partial charge in [-0.2, -0.15) is 0 Å². The van der Waals surface area contributed by atoms with E-state index in [2.05, 4.69) is 4.90 Å². The Balaban J connectivity index is 1.19. The molecule has 2 N–H and O–H groups in total. The number of fused-ring (bicyclic) bond motifs is 4. The number of aromatic nitrogens is 2. The summed E-state index contributed by atoms with van der Waals surface area (Å²) in [6.07, 6.45) is 8.48. The van der Waals surface area contributed by atoms with E-state index in [-0.39, 0.29) is 24.9 Å². The van der Waals surface area contributed by atoms with E-state index in [1.807, 2.05) is 28.8 Å². The fourth-order valence-electron chi connectivity index (χ4n) is 7.60. The number of para-hydroxylation sites is 2. The molecule has 6 nitrogen and oxygen atoms in total. The Kier molecular flexibility index (Phi) is 4.82. The third kappa shape index (κ3) is 3.13. The van der Waals surface area contributed by atoms with Crippen LogP contribution in [0.4, 0.5) is 0 Å². The molecule has 31 heavy (non-hydrogen) atoms. The van der Waals surface area contributed by atoms with Gasteiger partial charge in [-0.05, 0) is 80.2 Å². The van der Waals surface area contributed by atoms with Crippen LogP contribution in [-0.4, -0.2) is 56.6 Å². The van der Waals surface area contributed by atoms with Crippen LogP contribution in [0.2, 0.25) is 0 Å². The molecule has 1 aliphatic heterocycles. The van der Waals surface area contributed by atoms with Crippen LogP contribution in [0.3, 0.4) is 0 Å². The first-order chi connectivity index (χ1) is 15.1. The van der Waals surface area contributed by atoms with Crippen molar-refractivity contribution in [1.82, 2.24) is 14.0 Å². The predicted molar refractivity (Wildman–Crippen MR) is 120 cm³/mol. The van der Waals surface area contributed by atoms with Crippen molar-refractivity contribution in [2.45, 2.75) is 63.6 Å². The van der Waals surface area contributed by atoms with Crippen LogP contribution in [0.15, 0.2) is 29.1 Å². The molecule has 1 aromatic heterocycles. The molecule has 0 unspecified atom stereocenters. The lowest BCUT2D eigenvalue weighted by molar-refractivity contribution is 0.0806. The minimum absolute atomic E-state index is 0.0582. The van der Waals surface area contributed by atoms with Gasteiger partial charge in [0.25, 0.3) is 0 Å². The summed E-state index contributed by atoms with van der Waals surface area (Å²) in [7, 11) is 0. The Morgan fingerprint density at radius 2 is 1.81 bits per heavy atom. The molecular formula is C25H35N3O3. The van der Waals surface area contributed by atoms with Gasteiger partial charge in [0.15, 0.2) is 0 Å². The fraction of sp³-hybridized carbons (Fsp3) is 0.720. The second kappa shape index (κ2) is 7.46. The van der Waals surface area contributed by atoms with E-state index in [9.17, 15) is 15.0 Å². The standard InChI is InChI=1S/C25H35N3O3/c29-16-20(30)14-27-22-3-1-2-4-23(22)28(24(27)31)19-7-11-26(12-8-19)15-21-17-5-6-18(13-17)25(21)9-10-25/h1-4,17-21,29-30H,5-16H2/t17-,18-,20+,21-/m0/s1. The van der Waals surface area contributed by atoms with Gasteiger partial charge in [0, 0.05) is 25.7 Å². The summed E-state index contributed by atoms with van der Waals surface area (Å²) in [6, 6.07) is 8.06. The van der Waals surface area contributed by atoms with Gasteiger partial charge in [0.2, 0.25) is 0 Å². The maximum atomic E-state index is 13.3. The molecule has 1 spiro atoms. The Hall–Kier alpha value is -1.63. The van der Waals surface area contributed by atoms with Crippen LogP contribution in [0.25, 0.3) is 11.0 Å². The van der Waals surface area contributed by atoms with Gasteiger partial charge < -0.3 is 15.1 Å². The highest BCUT2D eigenvalue weighted by Gasteiger charge is 2.63. The lowest BCUT2D eigenvalue weighted by Gasteiger charge is -2.39. The van der Waals surface area contributed by atoms with Crippen molar-refractivity contribution in [3.63, 3.8) is 0 Å². The van der Waals surface area contributed by atoms with Crippen molar-refractivity contribution in [3.8, 4) is 0 Å². The predicted octanol–water partition coefficient (Wildman–Crippen LogP) is 2.62. The highest BCUT2D eigenvalue weighted by atomic mass is 16.3. The van der Waals surface area contributed by atoms with Gasteiger partial charge in [-0.1, -0.05) is 12.1 Å². The maximum absolute atomic E-state index is 13.3. The van der Waals surface area contributed by atoms with Crippen molar-refractivity contribution in [3.05, 3.63) is 34.7 Å². The third-order valence-corrected chi connectivity index (χ3v) is 9.27. The average molecular weight is 426 g/mol. The maximum Gasteiger partial charge on any atom is 0.329 e. The van der Waals surface area contributed by atoms with Crippen LogP contribution >= 0.6 is 0 Å². The van der Waals surface area contributed by atoms with E-state index in [0.29, 0.717) is 0 Å². The number of benzene rings is 1. The summed E-state index contributed by atoms with van der Waals surface area (Å²) in [6.45, 7) is 3.20. The van der Waals surface area contributed by atoms with Gasteiger partial charge >= 0.3 is 5.69 Å². The molecule has 6 rings (SSSR count). The van der Waals surface area contributed by atoms with E-state index in [4.69, 9.17) is 0 Å². The molecule has 2 heterocycles. The highest BCUT2D eigenvalue weighted by molar-refractivity contribution is 5.76. The molecule has 168 valence electrons. The Labute approximate surface area is 183 Å². The monoisotopic (exact) mass is 425 g/mol. The summed E-state index contributed by atoms with van der Waals surface area (Å²) >= 11 is 0. The number of hydrogen-bond donors (Lipinski definition) is 2. The van der Waals surface area contributed by atoms with E-state index in [1.165, 1.54) is 38.6 Å². The molecule has 4 fully saturated rings. The molecule has 1 aromatic carbocycles. The lowest BCUT2D eigenvalue weighted by atomic mass is 9.76. The van der Waals surface area contributed by atoms with Gasteiger partial charge in [-0.25, -0.2) is 4.79 Å². The van der Waals surface area contributed by atoms with Crippen LogP contribution < -0.4 is 5.69 Å². The Morgan fingerprint density at radius 3 is 2.52 bits per heavy atom. The smallest absolute Gasteiger partial charge is 0.329 e. The Bertz CT molecular complexity index is 1010. The van der Waals surface area contributed by atoms with Crippen molar-refractivity contribution in [2.24, 2.45) is 23.2 Å². The van der Waals surface area contributed by atoms with Crippen molar-refractivity contribution >= 4 is 11.0 Å². The topological polar surface area (TPSA) is 70.6 Å². The molecule has 2 bridgehead atoms. The van der Waals surface area contributed by atoms with E-state index in [0.717, 1.165) is 60.1 Å². The molecule has 2 aromatic rings. The normalized spacial score (nSPS) is 31.1. The third-order valence-electron chi connectivity index (χ3n) is 9.27. The van der Waals surface area contributed by atoms with Crippen LogP contribution in [0.5, 0.6) is 0 Å². The Morgan fingerprint density at radius 1 is 1.06 bits per heavy atom. The van der Waals surface area contributed by atoms with Gasteiger partial charge in [0.05, 0.1) is 30.3 Å². The number of imidazole rings is 1. The zero-order valence-corrected chi connectivity index (χ0v) is 18.3. The number of nitrogens with zero attached hydrogens (tertiary/aromatic N) is 3. The van der Waals surface area contributed by atoms with Crippen molar-refractivity contribution in [2.75, 3.05) is 26.2 Å². The first-order valence-corrected chi connectivity index (χ1v) is 12.3. The van der Waals surface area contributed by atoms with Crippen LogP contribution in [0, 0.1) is 23.2 Å². The summed E-state index contributed by atoms with van der Waals surface area (Å²) < 4.78 is 3.59. The summed E-state index contributed by atoms with van der Waals surface area (Å²) in [4.78, 5) is 16.0. The number of aliphatic hydroxyl groups excluding tert-OH is 2. The van der Waals surface area contributed by atoms with E-state index >= 15 is 0 Å². The highest BCUT2D eigenvalue weighted by Crippen LogP contribution is 2.71. The molecule has 0 amide bonds. The van der Waals surface area contributed by atoms with Gasteiger partial charge in [-0.15, -0.1) is 0 Å². The molecule has 6 heteroatoms. The average Bonchev–Trinajstić information content (AvgIpc) is 3.21. The zero-order chi connectivity index (χ0) is 21.2. The number of hydrogen-bond acceptors (Lipinski definition) is 4. The number of rotatable bonds is 6. The first kappa shape index (κ1) is 20.0. The second-order valence-electron chi connectivity index (χ2n) is 10.7. The fourth-order valence-corrected chi connectivity index (χ4v) is 7.60. The van der Waals surface area contributed by atoms with Crippen molar-refractivity contribution < 1.29 is 10.2 Å². The van der Waals surface area contributed by atoms with Gasteiger partial charge in [-0.3, -0.25) is 9.13 Å². The van der Waals surface area contributed by atoms with Crippen LogP contribution in [0.1, 0.15) is 51.0 Å². The molecule has 4 aliphatic rings. The quantitative estimate of drug-likeness (QED) is 0.747. The number of likely N-dealkylation sites (tertiary alicyclic amines) is 1. The molecular weight excluding hydrogens is 390 g/mol. The minimum Gasteiger partial charge on any atom is -0.394 e. The first-order valence-electron chi connectivity index (χ1n) is 12.3. The lowest BCUT2D eigenvalue weighted by Crippen LogP contribution is -2.42. The second-order valence-corrected chi connectivity index (χ2v) is 10.7. The number of piperidine rings is 1. The van der Waals surface area contributed by atoms with Gasteiger partial charge in [0.1, 0.15) is 0 Å². The SMILES string of the molecule is O=c1n(C[C@@H](O)CO)c2ccccc2n1C1CCN(C[C@H]2[C@H]3CC[C@@H](C3)C23CC3)CC1. The van der Waals surface area contributed by atoms with E-state index < -0.39 is 6.10 Å². The molecule has 1 saturated heterocycles. The largest absolute Gasteiger partial charge is 0.394 e. The molecule has 3 aliphatic carbocycles. The molecule has 4 atom stereocenters. The zero-order valence-electron chi connectivity index (χ0n) is 18.3. The van der Waals surface area contributed by atoms with Crippen molar-refractivity contribution in [1.29, 1.82) is 0 Å². The molecule has 3 saturated carbocycles. The summed E-state index contributed by atoms with van der Waals surface area (Å²) in [5.41, 5.74) is 2.45. The molecule has 0 radical (unpaired) electrons.